The van der Waals surface area contributed by atoms with E-state index in [1.165, 1.54) is 11.6 Å². The van der Waals surface area contributed by atoms with Crippen LogP contribution in [0.3, 0.4) is 0 Å². The Kier molecular flexibility index (Phi) is 3.10. The summed E-state index contributed by atoms with van der Waals surface area (Å²) in [7, 11) is 0. The number of H-pyrrole nitrogens is 1. The van der Waals surface area contributed by atoms with Crippen LogP contribution in [-0.4, -0.2) is 15.0 Å². The topological polar surface area (TPSA) is 50.8 Å². The fourth-order valence-electron chi connectivity index (χ4n) is 2.02. The minimum atomic E-state index is -0.386. The summed E-state index contributed by atoms with van der Waals surface area (Å²) in [6.07, 6.45) is 1.15. The zero-order valence-electron chi connectivity index (χ0n) is 11.3. The first-order valence-electron chi connectivity index (χ1n) is 6.32. The zero-order valence-corrected chi connectivity index (χ0v) is 11.3. The number of nitrogens with zero attached hydrogens (tertiary/aromatic N) is 2. The van der Waals surface area contributed by atoms with Crippen LogP contribution >= 0.6 is 0 Å². The maximum Gasteiger partial charge on any atom is 0.178 e. The Bertz CT molecular complexity index is 767. The summed E-state index contributed by atoms with van der Waals surface area (Å²) in [6, 6.07) is 7.28. The van der Waals surface area contributed by atoms with Gasteiger partial charge in [-0.15, -0.1) is 0 Å². The van der Waals surface area contributed by atoms with E-state index in [1.54, 1.807) is 0 Å². The third kappa shape index (κ3) is 2.34. The number of benzene rings is 1. The highest BCUT2D eigenvalue weighted by atomic mass is 19.1. The summed E-state index contributed by atoms with van der Waals surface area (Å²) in [5.41, 5.74) is 3.35. The fourth-order valence-corrected chi connectivity index (χ4v) is 2.02. The van der Waals surface area contributed by atoms with Gasteiger partial charge in [-0.2, -0.15) is 0 Å². The molecule has 0 aliphatic carbocycles. The lowest BCUT2D eigenvalue weighted by Gasteiger charge is -2.09. The predicted molar refractivity (Wildman–Crippen MR) is 74.1 cm³/mol. The molecule has 5 heteroatoms. The van der Waals surface area contributed by atoms with Gasteiger partial charge in [0.1, 0.15) is 24.0 Å². The van der Waals surface area contributed by atoms with Crippen LogP contribution in [0.2, 0.25) is 0 Å². The highest BCUT2D eigenvalue weighted by molar-refractivity contribution is 5.70. The van der Waals surface area contributed by atoms with Gasteiger partial charge < -0.3 is 9.72 Å². The number of imidazole rings is 1. The second-order valence-electron chi connectivity index (χ2n) is 4.69. The van der Waals surface area contributed by atoms with Crippen LogP contribution in [0, 0.1) is 19.7 Å². The molecule has 0 aliphatic rings. The maximum absolute atomic E-state index is 13.1. The molecule has 0 fully saturated rings. The summed E-state index contributed by atoms with van der Waals surface area (Å²) in [5, 5.41) is 0. The highest BCUT2D eigenvalue weighted by Crippen LogP contribution is 2.21. The van der Waals surface area contributed by atoms with Crippen molar-refractivity contribution in [3.05, 3.63) is 53.2 Å². The van der Waals surface area contributed by atoms with Gasteiger partial charge in [-0.05, 0) is 31.0 Å². The van der Waals surface area contributed by atoms with E-state index >= 15 is 0 Å². The number of nitrogens with one attached hydrogen (secondary N) is 1. The van der Waals surface area contributed by atoms with Crippen molar-refractivity contribution in [2.45, 2.75) is 20.5 Å². The Hall–Kier alpha value is -2.43. The summed E-state index contributed by atoms with van der Waals surface area (Å²) in [5.74, 6) is 1.06. The standard InChI is InChI=1S/C15H14FN3O/c1-9-4-3-5-13(10(9)2)20-8-14-18-12-6-11(16)7-17-15(12)19-14/h3-7H,8H2,1-2H3,(H,17,18,19). The number of pyridine rings is 1. The van der Waals surface area contributed by atoms with Crippen molar-refractivity contribution in [1.82, 2.24) is 15.0 Å². The number of aromatic amines is 1. The van der Waals surface area contributed by atoms with Crippen molar-refractivity contribution in [2.75, 3.05) is 0 Å². The lowest BCUT2D eigenvalue weighted by molar-refractivity contribution is 0.295. The van der Waals surface area contributed by atoms with Crippen LogP contribution < -0.4 is 4.74 Å². The molecular formula is C15H14FN3O. The third-order valence-electron chi connectivity index (χ3n) is 3.27. The van der Waals surface area contributed by atoms with Gasteiger partial charge in [0.15, 0.2) is 5.65 Å². The minimum absolute atomic E-state index is 0.294. The monoisotopic (exact) mass is 271 g/mol. The molecule has 0 unspecified atom stereocenters. The van der Waals surface area contributed by atoms with Gasteiger partial charge in [0.05, 0.1) is 11.7 Å². The van der Waals surface area contributed by atoms with Gasteiger partial charge in [0, 0.05) is 6.07 Å². The predicted octanol–water partition coefficient (Wildman–Crippen LogP) is 3.29. The van der Waals surface area contributed by atoms with Gasteiger partial charge >= 0.3 is 0 Å². The molecule has 4 nitrogen and oxygen atoms in total. The average molecular weight is 271 g/mol. The largest absolute Gasteiger partial charge is 0.485 e. The third-order valence-corrected chi connectivity index (χ3v) is 3.27. The van der Waals surface area contributed by atoms with E-state index in [0.717, 1.165) is 17.5 Å². The molecule has 0 spiro atoms. The molecule has 3 aromatic rings. The van der Waals surface area contributed by atoms with E-state index in [-0.39, 0.29) is 5.82 Å². The number of aryl methyl sites for hydroxylation is 1. The Morgan fingerprint density at radius 3 is 3.00 bits per heavy atom. The van der Waals surface area contributed by atoms with Crippen LogP contribution in [0.15, 0.2) is 30.5 Å². The molecule has 0 saturated heterocycles. The first-order chi connectivity index (χ1) is 9.63. The normalized spacial score (nSPS) is 10.9. The van der Waals surface area contributed by atoms with E-state index < -0.39 is 0 Å². The van der Waals surface area contributed by atoms with E-state index in [4.69, 9.17) is 4.74 Å². The van der Waals surface area contributed by atoms with Gasteiger partial charge in [-0.3, -0.25) is 0 Å². The van der Waals surface area contributed by atoms with Crippen molar-refractivity contribution in [1.29, 1.82) is 0 Å². The molecule has 0 radical (unpaired) electrons. The van der Waals surface area contributed by atoms with Gasteiger partial charge in [-0.25, -0.2) is 14.4 Å². The van der Waals surface area contributed by atoms with Crippen LogP contribution in [-0.2, 0) is 6.61 Å². The lowest BCUT2D eigenvalue weighted by atomic mass is 10.1. The maximum atomic E-state index is 13.1. The fraction of sp³-hybridized carbons (Fsp3) is 0.200. The second kappa shape index (κ2) is 4.92. The Morgan fingerprint density at radius 2 is 2.15 bits per heavy atom. The molecule has 1 N–H and O–H groups in total. The summed E-state index contributed by atoms with van der Waals surface area (Å²) in [6.45, 7) is 4.35. The highest BCUT2D eigenvalue weighted by Gasteiger charge is 2.07. The molecule has 1 aromatic carbocycles. The number of ether oxygens (including phenoxy) is 1. The van der Waals surface area contributed by atoms with Crippen molar-refractivity contribution in [3.8, 4) is 5.75 Å². The quantitative estimate of drug-likeness (QED) is 0.795. The van der Waals surface area contributed by atoms with E-state index in [2.05, 4.69) is 15.0 Å². The number of hydrogen-bond acceptors (Lipinski definition) is 3. The van der Waals surface area contributed by atoms with E-state index in [0.29, 0.717) is 23.6 Å². The SMILES string of the molecule is Cc1cccc(OCc2nc3ncc(F)cc3[nH]2)c1C. The Balaban J connectivity index is 1.81. The minimum Gasteiger partial charge on any atom is -0.485 e. The first kappa shape index (κ1) is 12.6. The number of aromatic nitrogens is 3. The van der Waals surface area contributed by atoms with Gasteiger partial charge in [0.25, 0.3) is 0 Å². The van der Waals surface area contributed by atoms with Gasteiger partial charge in [-0.1, -0.05) is 12.1 Å². The second-order valence-corrected chi connectivity index (χ2v) is 4.69. The molecule has 102 valence electrons. The first-order valence-corrected chi connectivity index (χ1v) is 6.32. The van der Waals surface area contributed by atoms with Crippen molar-refractivity contribution >= 4 is 11.2 Å². The van der Waals surface area contributed by atoms with Crippen molar-refractivity contribution in [2.24, 2.45) is 0 Å². The summed E-state index contributed by atoms with van der Waals surface area (Å²) >= 11 is 0. The number of fused-ring (bicyclic) bond motifs is 1. The zero-order chi connectivity index (χ0) is 14.1. The molecule has 2 aromatic heterocycles. The molecule has 0 amide bonds. The molecular weight excluding hydrogens is 257 g/mol. The molecule has 20 heavy (non-hydrogen) atoms. The number of halogens is 1. The average Bonchev–Trinajstić information content (AvgIpc) is 2.82. The Labute approximate surface area is 115 Å². The molecule has 0 bridgehead atoms. The van der Waals surface area contributed by atoms with E-state index in [9.17, 15) is 4.39 Å². The number of rotatable bonds is 3. The van der Waals surface area contributed by atoms with E-state index in [1.807, 2.05) is 32.0 Å². The van der Waals surface area contributed by atoms with Crippen LogP contribution in [0.25, 0.3) is 11.2 Å². The molecule has 2 heterocycles. The molecule has 0 aliphatic heterocycles. The van der Waals surface area contributed by atoms with Crippen LogP contribution in [0.5, 0.6) is 5.75 Å². The summed E-state index contributed by atoms with van der Waals surface area (Å²) in [4.78, 5) is 11.2. The van der Waals surface area contributed by atoms with Crippen molar-refractivity contribution < 1.29 is 9.13 Å². The summed E-state index contributed by atoms with van der Waals surface area (Å²) < 4.78 is 18.8. The van der Waals surface area contributed by atoms with Gasteiger partial charge in [0.2, 0.25) is 0 Å². The molecule has 0 saturated carbocycles. The number of hydrogen-bond donors (Lipinski definition) is 1. The molecule has 3 rings (SSSR count). The van der Waals surface area contributed by atoms with Crippen molar-refractivity contribution in [3.63, 3.8) is 0 Å². The lowest BCUT2D eigenvalue weighted by Crippen LogP contribution is -1.99. The van der Waals surface area contributed by atoms with Crippen LogP contribution in [0.1, 0.15) is 17.0 Å². The smallest absolute Gasteiger partial charge is 0.178 e. The van der Waals surface area contributed by atoms with Crippen LogP contribution in [0.4, 0.5) is 4.39 Å². The molecule has 0 atom stereocenters. The Morgan fingerprint density at radius 1 is 1.30 bits per heavy atom.